The molecule has 4 atom stereocenters. The van der Waals surface area contributed by atoms with Crippen molar-refractivity contribution in [3.8, 4) is 0 Å². The summed E-state index contributed by atoms with van der Waals surface area (Å²) in [6.07, 6.45) is 12.4. The van der Waals surface area contributed by atoms with Crippen molar-refractivity contribution in [1.82, 2.24) is 19.5 Å². The van der Waals surface area contributed by atoms with E-state index in [2.05, 4.69) is 46.1 Å². The van der Waals surface area contributed by atoms with Crippen LogP contribution < -0.4 is 5.06 Å². The molecule has 0 unspecified atom stereocenters. The Morgan fingerprint density at radius 1 is 1.09 bits per heavy atom. The van der Waals surface area contributed by atoms with Crippen molar-refractivity contribution in [2.45, 2.75) is 77.2 Å². The van der Waals surface area contributed by atoms with Gasteiger partial charge in [0.15, 0.2) is 17.3 Å². The Kier molecular flexibility index (Phi) is 5.04. The molecule has 2 saturated carbocycles. The lowest BCUT2D eigenvalue weighted by Crippen LogP contribution is -2.62. The van der Waals surface area contributed by atoms with Crippen LogP contribution in [0.3, 0.4) is 0 Å². The molecule has 6 rings (SSSR count). The zero-order valence-corrected chi connectivity index (χ0v) is 20.6. The molecule has 0 radical (unpaired) electrons. The topological polar surface area (TPSA) is 118 Å². The van der Waals surface area contributed by atoms with Crippen LogP contribution in [0, 0.1) is 16.7 Å². The van der Waals surface area contributed by atoms with Gasteiger partial charge in [-0.2, -0.15) is 0 Å². The molecule has 35 heavy (non-hydrogen) atoms. The molecule has 0 amide bonds. The molecule has 2 aliphatic heterocycles. The highest BCUT2D eigenvalue weighted by molar-refractivity contribution is 5.92. The highest BCUT2D eigenvalue weighted by Crippen LogP contribution is 2.63. The van der Waals surface area contributed by atoms with E-state index in [1.165, 1.54) is 11.4 Å². The van der Waals surface area contributed by atoms with E-state index in [-0.39, 0.29) is 11.3 Å². The third-order valence-electron chi connectivity index (χ3n) is 9.46. The maximum absolute atomic E-state index is 11.4. The molecule has 2 N–H and O–H groups in total. The fraction of sp³-hybridized carbons (Fsp3) is 0.680. The van der Waals surface area contributed by atoms with Gasteiger partial charge in [-0.1, -0.05) is 31.2 Å². The van der Waals surface area contributed by atoms with Gasteiger partial charge in [0.05, 0.1) is 30.8 Å². The number of imidazole rings is 1. The van der Waals surface area contributed by atoms with Gasteiger partial charge in [-0.05, 0) is 44.9 Å². The SMILES string of the molecule is C[C@]1(/C=C/[C@@]2(C)CCn3cnc4ncnc(c43)N2O)/C(=N/O)CC[C@]2(C)[C@@H]1CCCC21OCCO1. The lowest BCUT2D eigenvalue weighted by atomic mass is 9.48. The van der Waals surface area contributed by atoms with Gasteiger partial charge in [-0.25, -0.2) is 20.0 Å². The second-order valence-electron chi connectivity index (χ2n) is 11.2. The molecule has 0 bridgehead atoms. The van der Waals surface area contributed by atoms with Crippen molar-refractivity contribution >= 4 is 22.7 Å². The number of ether oxygens (including phenoxy) is 2. The van der Waals surface area contributed by atoms with E-state index in [4.69, 9.17) is 9.47 Å². The van der Waals surface area contributed by atoms with E-state index in [9.17, 15) is 10.4 Å². The number of fused-ring (bicyclic) bond motifs is 2. The number of nitrogens with zero attached hydrogens (tertiary/aromatic N) is 6. The number of oxime groups is 1. The van der Waals surface area contributed by atoms with Crippen LogP contribution in [0.4, 0.5) is 5.82 Å². The first-order valence-electron chi connectivity index (χ1n) is 12.6. The number of anilines is 1. The Hall–Kier alpha value is -2.56. The molecule has 1 saturated heterocycles. The smallest absolute Gasteiger partial charge is 0.183 e. The van der Waals surface area contributed by atoms with Gasteiger partial charge in [-0.15, -0.1) is 0 Å². The van der Waals surface area contributed by atoms with Gasteiger partial charge in [0.25, 0.3) is 0 Å². The molecule has 188 valence electrons. The second-order valence-corrected chi connectivity index (χ2v) is 11.2. The summed E-state index contributed by atoms with van der Waals surface area (Å²) in [6, 6.07) is 0. The monoisotopic (exact) mass is 482 g/mol. The second kappa shape index (κ2) is 7.72. The molecule has 10 nitrogen and oxygen atoms in total. The number of aryl methyl sites for hydroxylation is 1. The molecular formula is C25H34N6O4. The number of aromatic nitrogens is 4. The maximum Gasteiger partial charge on any atom is 0.183 e. The fourth-order valence-electron chi connectivity index (χ4n) is 7.30. The van der Waals surface area contributed by atoms with Crippen LogP contribution in [0.5, 0.6) is 0 Å². The molecule has 4 heterocycles. The first-order valence-corrected chi connectivity index (χ1v) is 12.6. The van der Waals surface area contributed by atoms with Gasteiger partial charge in [0, 0.05) is 23.8 Å². The van der Waals surface area contributed by atoms with E-state index in [0.717, 1.165) is 36.9 Å². The first-order chi connectivity index (χ1) is 16.8. The van der Waals surface area contributed by atoms with E-state index < -0.39 is 16.7 Å². The number of allylic oxidation sites excluding steroid dienone is 1. The Balaban J connectivity index is 1.40. The molecule has 2 aromatic rings. The van der Waals surface area contributed by atoms with Gasteiger partial charge in [0.1, 0.15) is 11.8 Å². The minimum atomic E-state index is -0.732. The molecule has 3 fully saturated rings. The van der Waals surface area contributed by atoms with Gasteiger partial charge >= 0.3 is 0 Å². The summed E-state index contributed by atoms with van der Waals surface area (Å²) in [5.74, 6) is 0.0313. The van der Waals surface area contributed by atoms with Crippen LogP contribution >= 0.6 is 0 Å². The van der Waals surface area contributed by atoms with Crippen molar-refractivity contribution in [2.75, 3.05) is 18.3 Å². The average Bonchev–Trinajstić information content (AvgIpc) is 3.48. The third-order valence-corrected chi connectivity index (χ3v) is 9.46. The largest absolute Gasteiger partial charge is 0.411 e. The van der Waals surface area contributed by atoms with Gasteiger partial charge in [-0.3, -0.25) is 5.21 Å². The van der Waals surface area contributed by atoms with Crippen molar-refractivity contribution in [1.29, 1.82) is 0 Å². The van der Waals surface area contributed by atoms with E-state index in [1.54, 1.807) is 6.33 Å². The highest BCUT2D eigenvalue weighted by Gasteiger charge is 2.64. The summed E-state index contributed by atoms with van der Waals surface area (Å²) >= 11 is 0. The van der Waals surface area contributed by atoms with Crippen molar-refractivity contribution in [3.63, 3.8) is 0 Å². The van der Waals surface area contributed by atoms with Gasteiger partial charge < -0.3 is 19.2 Å². The summed E-state index contributed by atoms with van der Waals surface area (Å²) < 4.78 is 14.6. The summed E-state index contributed by atoms with van der Waals surface area (Å²) in [5.41, 5.74) is 0.610. The lowest BCUT2D eigenvalue weighted by Gasteiger charge is -2.60. The molecule has 2 aliphatic carbocycles. The molecule has 2 aromatic heterocycles. The molecule has 0 aromatic carbocycles. The standard InChI is InChI=1S/C25H34N6O4/c1-22(11-12-30-16-28-20-19(30)21(31(22)33)27-15-26-20)9-10-23(2)17-5-4-7-25(34-13-14-35-25)24(17,3)8-6-18(23)29-32/h9-10,15-17,32-33H,4-8,11-14H2,1-3H3/b10-9+,29-18+/t17-,22+,23-,24-/m1/s1. The van der Waals surface area contributed by atoms with Crippen LogP contribution in [-0.4, -0.2) is 60.2 Å². The zero-order valence-electron chi connectivity index (χ0n) is 20.6. The Morgan fingerprint density at radius 2 is 1.89 bits per heavy atom. The Labute approximate surface area is 204 Å². The predicted molar refractivity (Wildman–Crippen MR) is 128 cm³/mol. The molecule has 10 heteroatoms. The van der Waals surface area contributed by atoms with Crippen molar-refractivity contribution in [2.24, 2.45) is 21.9 Å². The predicted octanol–water partition coefficient (Wildman–Crippen LogP) is 3.92. The van der Waals surface area contributed by atoms with E-state index >= 15 is 0 Å². The molecular weight excluding hydrogens is 448 g/mol. The lowest BCUT2D eigenvalue weighted by molar-refractivity contribution is -0.279. The number of hydrogen-bond donors (Lipinski definition) is 2. The van der Waals surface area contributed by atoms with Crippen LogP contribution in [0.2, 0.25) is 0 Å². The number of hydrogen-bond acceptors (Lipinski definition) is 9. The summed E-state index contributed by atoms with van der Waals surface area (Å²) in [6.45, 7) is 8.36. The summed E-state index contributed by atoms with van der Waals surface area (Å²) in [4.78, 5) is 13.0. The molecule has 4 aliphatic rings. The Morgan fingerprint density at radius 3 is 2.66 bits per heavy atom. The summed E-state index contributed by atoms with van der Waals surface area (Å²) in [7, 11) is 0. The number of hydroxylamine groups is 1. The first kappa shape index (κ1) is 22.9. The van der Waals surface area contributed by atoms with E-state index in [0.29, 0.717) is 44.1 Å². The quantitative estimate of drug-likeness (QED) is 0.376. The maximum atomic E-state index is 11.4. The highest BCUT2D eigenvalue weighted by atomic mass is 16.7. The normalized spacial score (nSPS) is 37.9. The van der Waals surface area contributed by atoms with Crippen LogP contribution in [-0.2, 0) is 16.0 Å². The average molecular weight is 483 g/mol. The van der Waals surface area contributed by atoms with Crippen molar-refractivity contribution < 1.29 is 19.9 Å². The zero-order chi connectivity index (χ0) is 24.5. The minimum absolute atomic E-state index is 0.169. The number of rotatable bonds is 2. The third kappa shape index (κ3) is 3.06. The summed E-state index contributed by atoms with van der Waals surface area (Å²) in [5, 5.41) is 26.5. The van der Waals surface area contributed by atoms with Gasteiger partial charge in [0.2, 0.25) is 0 Å². The molecule has 1 spiro atoms. The van der Waals surface area contributed by atoms with Crippen LogP contribution in [0.25, 0.3) is 11.2 Å². The fourth-order valence-corrected chi connectivity index (χ4v) is 7.30. The van der Waals surface area contributed by atoms with E-state index in [1.807, 2.05) is 11.5 Å². The minimum Gasteiger partial charge on any atom is -0.411 e. The van der Waals surface area contributed by atoms with Crippen LogP contribution in [0.1, 0.15) is 59.3 Å². The van der Waals surface area contributed by atoms with Crippen LogP contribution in [0.15, 0.2) is 30.0 Å². The van der Waals surface area contributed by atoms with Crippen molar-refractivity contribution in [3.05, 3.63) is 24.8 Å². The Bertz CT molecular complexity index is 1210.